The number of halogens is 2. The molecule has 0 saturated heterocycles. The van der Waals surface area contributed by atoms with Gasteiger partial charge in [0.05, 0.1) is 21.3 Å². The summed E-state index contributed by atoms with van der Waals surface area (Å²) in [5.74, 6) is -2.07. The Kier molecular flexibility index (Phi) is 2.65. The summed E-state index contributed by atoms with van der Waals surface area (Å²) < 4.78 is 0. The highest BCUT2D eigenvalue weighted by Crippen LogP contribution is 2.36. The zero-order chi connectivity index (χ0) is 11.9. The highest BCUT2D eigenvalue weighted by molar-refractivity contribution is 6.45. The first-order valence-electron chi connectivity index (χ1n) is 4.18. The Bertz CT molecular complexity index is 528. The Morgan fingerprint density at radius 3 is 2.69 bits per heavy atom. The van der Waals surface area contributed by atoms with Crippen molar-refractivity contribution in [2.75, 3.05) is 0 Å². The number of carboxylic acids is 1. The molecule has 0 aliphatic carbocycles. The average Bonchev–Trinajstić information content (AvgIpc) is 2.23. The molecule has 0 bridgehead atoms. The zero-order valence-electron chi connectivity index (χ0n) is 7.65. The van der Waals surface area contributed by atoms with Crippen LogP contribution in [0.5, 0.6) is 0 Å². The van der Waals surface area contributed by atoms with Gasteiger partial charge in [-0.25, -0.2) is 4.79 Å². The maximum absolute atomic E-state index is 11.8. The van der Waals surface area contributed by atoms with Crippen LogP contribution in [0.1, 0.15) is 10.4 Å². The molecule has 1 aliphatic rings. The largest absolute Gasteiger partial charge is 0.479 e. The summed E-state index contributed by atoms with van der Waals surface area (Å²) in [5, 5.41) is 16.0. The molecule has 0 spiro atoms. The Balaban J connectivity index is 2.62. The van der Waals surface area contributed by atoms with Crippen molar-refractivity contribution in [1.29, 1.82) is 0 Å². The molecule has 7 heteroatoms. The first-order valence-corrected chi connectivity index (χ1v) is 4.94. The summed E-state index contributed by atoms with van der Waals surface area (Å²) in [7, 11) is 0. The maximum Gasteiger partial charge on any atom is 0.338 e. The van der Waals surface area contributed by atoms with E-state index in [-0.39, 0.29) is 21.3 Å². The third-order valence-corrected chi connectivity index (χ3v) is 2.89. The zero-order valence-corrected chi connectivity index (χ0v) is 9.16. The number of nitrogens with zero attached hydrogens (tertiary/aromatic N) is 2. The summed E-state index contributed by atoms with van der Waals surface area (Å²) in [6.45, 7) is 0. The number of carbonyl (C=O) groups is 2. The van der Waals surface area contributed by atoms with Crippen LogP contribution < -0.4 is 0 Å². The fraction of sp³-hybridized carbons (Fsp3) is 0.111. The number of benzene rings is 1. The maximum atomic E-state index is 11.8. The first kappa shape index (κ1) is 11.0. The molecule has 5 nitrogen and oxygen atoms in total. The molecular formula is C9H4Cl2N2O3. The molecule has 1 N–H and O–H groups in total. The lowest BCUT2D eigenvalue weighted by Crippen LogP contribution is -2.29. The number of azo groups is 1. The van der Waals surface area contributed by atoms with Crippen LogP contribution in [0.25, 0.3) is 0 Å². The predicted molar refractivity (Wildman–Crippen MR) is 56.7 cm³/mol. The normalized spacial score (nSPS) is 18.4. The lowest BCUT2D eigenvalue weighted by atomic mass is 10.0. The highest BCUT2D eigenvalue weighted by Gasteiger charge is 2.34. The number of Topliss-reactive ketones (excluding diaryl/α,β-unsaturated/α-hetero) is 1. The van der Waals surface area contributed by atoms with Crippen LogP contribution in [0.2, 0.25) is 10.0 Å². The molecule has 0 fully saturated rings. The number of carbonyl (C=O) groups excluding carboxylic acids is 1. The quantitative estimate of drug-likeness (QED) is 0.787. The second-order valence-electron chi connectivity index (χ2n) is 3.08. The number of rotatable bonds is 1. The van der Waals surface area contributed by atoms with Gasteiger partial charge in [-0.3, -0.25) is 4.79 Å². The molecule has 0 saturated carbocycles. The summed E-state index contributed by atoms with van der Waals surface area (Å²) in [4.78, 5) is 22.5. The first-order chi connectivity index (χ1) is 7.52. The van der Waals surface area contributed by atoms with Gasteiger partial charge in [-0.2, -0.15) is 10.2 Å². The van der Waals surface area contributed by atoms with Crippen molar-refractivity contribution in [1.82, 2.24) is 0 Å². The van der Waals surface area contributed by atoms with Crippen LogP contribution >= 0.6 is 23.2 Å². The number of fused-ring (bicyclic) bond motifs is 1. The fourth-order valence-corrected chi connectivity index (χ4v) is 1.74. The Morgan fingerprint density at radius 1 is 1.38 bits per heavy atom. The van der Waals surface area contributed by atoms with Gasteiger partial charge >= 0.3 is 5.97 Å². The van der Waals surface area contributed by atoms with Crippen molar-refractivity contribution in [3.05, 3.63) is 27.7 Å². The lowest BCUT2D eigenvalue weighted by Gasteiger charge is -2.14. The Morgan fingerprint density at radius 2 is 2.06 bits per heavy atom. The van der Waals surface area contributed by atoms with Crippen LogP contribution in [-0.4, -0.2) is 22.9 Å². The lowest BCUT2D eigenvalue weighted by molar-refractivity contribution is -0.137. The van der Waals surface area contributed by atoms with Crippen molar-refractivity contribution < 1.29 is 14.7 Å². The van der Waals surface area contributed by atoms with Gasteiger partial charge in [0.1, 0.15) is 0 Å². The van der Waals surface area contributed by atoms with Gasteiger partial charge in [0.15, 0.2) is 0 Å². The summed E-state index contributed by atoms with van der Waals surface area (Å²) in [6, 6.07) is 1.39. The van der Waals surface area contributed by atoms with E-state index in [9.17, 15) is 9.59 Å². The Labute approximate surface area is 99.7 Å². The van der Waals surface area contributed by atoms with E-state index in [1.54, 1.807) is 0 Å². The molecular weight excluding hydrogens is 255 g/mol. The van der Waals surface area contributed by atoms with Gasteiger partial charge in [-0.1, -0.05) is 23.2 Å². The third kappa shape index (κ3) is 1.58. The third-order valence-electron chi connectivity index (χ3n) is 2.08. The van der Waals surface area contributed by atoms with Crippen LogP contribution in [0.3, 0.4) is 0 Å². The number of hydrogen-bond acceptors (Lipinski definition) is 4. The smallest absolute Gasteiger partial charge is 0.338 e. The van der Waals surface area contributed by atoms with Gasteiger partial charge in [0, 0.05) is 0 Å². The minimum atomic E-state index is -1.54. The molecule has 1 aromatic rings. The minimum absolute atomic E-state index is 0.00840. The summed E-state index contributed by atoms with van der Waals surface area (Å²) >= 11 is 11.6. The summed E-state index contributed by atoms with van der Waals surface area (Å²) in [5.41, 5.74) is 0.244. The van der Waals surface area contributed by atoms with Gasteiger partial charge in [0.2, 0.25) is 11.8 Å². The van der Waals surface area contributed by atoms with E-state index in [4.69, 9.17) is 28.3 Å². The number of carboxylic acid groups (broad SMARTS) is 1. The van der Waals surface area contributed by atoms with Crippen molar-refractivity contribution in [3.63, 3.8) is 0 Å². The van der Waals surface area contributed by atoms with Crippen molar-refractivity contribution in [2.45, 2.75) is 6.04 Å². The van der Waals surface area contributed by atoms with E-state index in [0.29, 0.717) is 0 Å². The van der Waals surface area contributed by atoms with Gasteiger partial charge in [0.25, 0.3) is 0 Å². The Hall–Kier alpha value is -1.46. The molecule has 1 unspecified atom stereocenters. The average molecular weight is 259 g/mol. The van der Waals surface area contributed by atoms with E-state index < -0.39 is 17.8 Å². The molecule has 2 rings (SSSR count). The van der Waals surface area contributed by atoms with Crippen molar-refractivity contribution in [2.24, 2.45) is 10.2 Å². The van der Waals surface area contributed by atoms with E-state index in [0.717, 1.165) is 0 Å². The molecule has 16 heavy (non-hydrogen) atoms. The molecule has 1 heterocycles. The fourth-order valence-electron chi connectivity index (χ4n) is 1.33. The van der Waals surface area contributed by atoms with E-state index in [1.807, 2.05) is 0 Å². The number of aliphatic carboxylic acids is 1. The minimum Gasteiger partial charge on any atom is -0.479 e. The van der Waals surface area contributed by atoms with Crippen LogP contribution in [0, 0.1) is 0 Å². The van der Waals surface area contributed by atoms with Crippen LogP contribution in [-0.2, 0) is 4.79 Å². The SMILES string of the molecule is O=C(O)C1N=Nc2ccc(Cl)c(Cl)c2C1=O. The second-order valence-corrected chi connectivity index (χ2v) is 3.86. The molecule has 82 valence electrons. The van der Waals surface area contributed by atoms with E-state index >= 15 is 0 Å². The monoisotopic (exact) mass is 258 g/mol. The number of ketones is 1. The van der Waals surface area contributed by atoms with Crippen molar-refractivity contribution >= 4 is 40.6 Å². The van der Waals surface area contributed by atoms with E-state index in [1.165, 1.54) is 12.1 Å². The molecule has 0 radical (unpaired) electrons. The number of hydrogen-bond donors (Lipinski definition) is 1. The van der Waals surface area contributed by atoms with Crippen LogP contribution in [0.4, 0.5) is 5.69 Å². The van der Waals surface area contributed by atoms with E-state index in [2.05, 4.69) is 10.2 Å². The topological polar surface area (TPSA) is 79.1 Å². The second kappa shape index (κ2) is 3.84. The highest BCUT2D eigenvalue weighted by atomic mass is 35.5. The van der Waals surface area contributed by atoms with Gasteiger partial charge in [-0.15, -0.1) is 0 Å². The standard InChI is InChI=1S/C9H4Cl2N2O3/c10-3-1-2-4-5(6(3)11)8(14)7(9(15)16)13-12-4/h1-2,7H,(H,15,16). The van der Waals surface area contributed by atoms with Gasteiger partial charge < -0.3 is 5.11 Å². The van der Waals surface area contributed by atoms with Gasteiger partial charge in [-0.05, 0) is 12.1 Å². The molecule has 0 amide bonds. The molecule has 1 atom stereocenters. The van der Waals surface area contributed by atoms with Crippen molar-refractivity contribution in [3.8, 4) is 0 Å². The summed E-state index contributed by atoms with van der Waals surface area (Å²) in [6.07, 6.45) is 0. The van der Waals surface area contributed by atoms with Crippen LogP contribution in [0.15, 0.2) is 22.4 Å². The predicted octanol–water partition coefficient (Wildman–Crippen LogP) is 2.73. The molecule has 1 aliphatic heterocycles. The molecule has 0 aromatic heterocycles. The molecule has 1 aromatic carbocycles.